The van der Waals surface area contributed by atoms with Gasteiger partial charge in [-0.2, -0.15) is 0 Å². The quantitative estimate of drug-likeness (QED) is 0.747. The Labute approximate surface area is 106 Å². The van der Waals surface area contributed by atoms with Gasteiger partial charge in [-0.25, -0.2) is 0 Å². The summed E-state index contributed by atoms with van der Waals surface area (Å²) >= 11 is 0. The Hall–Kier alpha value is -1.75. The lowest BCUT2D eigenvalue weighted by Crippen LogP contribution is -2.37. The molecule has 18 heavy (non-hydrogen) atoms. The van der Waals surface area contributed by atoms with Crippen LogP contribution in [0.4, 0.5) is 0 Å². The topological polar surface area (TPSA) is 81.0 Å². The highest BCUT2D eigenvalue weighted by atomic mass is 16.4. The molecule has 1 aromatic carbocycles. The Bertz CT molecular complexity index is 431. The maximum atomic E-state index is 10.8. The molecule has 0 heterocycles. The zero-order valence-corrected chi connectivity index (χ0v) is 10.8. The van der Waals surface area contributed by atoms with Crippen LogP contribution >= 0.6 is 0 Å². The van der Waals surface area contributed by atoms with E-state index in [0.717, 1.165) is 0 Å². The van der Waals surface area contributed by atoms with Crippen molar-refractivity contribution in [3.05, 3.63) is 23.8 Å². The van der Waals surface area contributed by atoms with Gasteiger partial charge < -0.3 is 15.3 Å². The molecule has 0 aliphatic heterocycles. The van der Waals surface area contributed by atoms with Gasteiger partial charge in [-0.1, -0.05) is 6.07 Å². The van der Waals surface area contributed by atoms with Crippen LogP contribution in [0.15, 0.2) is 18.2 Å². The summed E-state index contributed by atoms with van der Waals surface area (Å²) in [6, 6.07) is 4.12. The van der Waals surface area contributed by atoms with Crippen LogP contribution in [0.5, 0.6) is 11.5 Å². The van der Waals surface area contributed by atoms with Crippen LogP contribution in [-0.2, 0) is 4.79 Å². The Kier molecular flexibility index (Phi) is 4.55. The minimum Gasteiger partial charge on any atom is -0.508 e. The van der Waals surface area contributed by atoms with Crippen molar-refractivity contribution in [3.8, 4) is 11.5 Å². The molecule has 0 amide bonds. The molecular formula is C13H19NO4. The van der Waals surface area contributed by atoms with Crippen LogP contribution in [0.2, 0.25) is 0 Å². The van der Waals surface area contributed by atoms with Crippen molar-refractivity contribution in [3.63, 3.8) is 0 Å². The molecule has 3 N–H and O–H groups in total. The number of carboxylic acid groups (broad SMARTS) is 1. The fraction of sp³-hybridized carbons (Fsp3) is 0.462. The zero-order chi connectivity index (χ0) is 13.9. The zero-order valence-electron chi connectivity index (χ0n) is 10.8. The van der Waals surface area contributed by atoms with Crippen LogP contribution in [0.1, 0.15) is 32.4 Å². The standard InChI is InChI=1S/C13H19NO4/c1-8(2)14(7-13(17)18)9(3)11-5-4-10(15)6-12(11)16/h4-6,8-9,15-16H,7H2,1-3H3,(H,17,18). The van der Waals surface area contributed by atoms with Gasteiger partial charge in [0.2, 0.25) is 0 Å². The smallest absolute Gasteiger partial charge is 0.317 e. The van der Waals surface area contributed by atoms with E-state index < -0.39 is 5.97 Å². The molecule has 100 valence electrons. The summed E-state index contributed by atoms with van der Waals surface area (Å²) in [6.45, 7) is 5.53. The fourth-order valence-electron chi connectivity index (χ4n) is 1.99. The predicted octanol–water partition coefficient (Wildman–Crippen LogP) is 1.95. The van der Waals surface area contributed by atoms with Gasteiger partial charge >= 0.3 is 5.97 Å². The molecule has 0 radical (unpaired) electrons. The molecule has 0 aliphatic carbocycles. The van der Waals surface area contributed by atoms with Gasteiger partial charge in [0.15, 0.2) is 0 Å². The summed E-state index contributed by atoms with van der Waals surface area (Å²) in [7, 11) is 0. The number of phenolic OH excluding ortho intramolecular Hbond substituents is 2. The van der Waals surface area contributed by atoms with Crippen molar-refractivity contribution in [2.45, 2.75) is 32.9 Å². The van der Waals surface area contributed by atoms with Gasteiger partial charge in [0.05, 0.1) is 6.54 Å². The van der Waals surface area contributed by atoms with E-state index in [1.807, 2.05) is 20.8 Å². The molecule has 1 unspecified atom stereocenters. The second kappa shape index (κ2) is 5.73. The second-order valence-corrected chi connectivity index (χ2v) is 4.58. The lowest BCUT2D eigenvalue weighted by atomic mass is 10.0. The molecule has 1 atom stereocenters. The van der Waals surface area contributed by atoms with E-state index in [4.69, 9.17) is 5.11 Å². The number of benzene rings is 1. The lowest BCUT2D eigenvalue weighted by Gasteiger charge is -2.31. The number of hydrogen-bond donors (Lipinski definition) is 3. The van der Waals surface area contributed by atoms with E-state index in [9.17, 15) is 15.0 Å². The Morgan fingerprint density at radius 2 is 1.89 bits per heavy atom. The fourth-order valence-corrected chi connectivity index (χ4v) is 1.99. The first-order valence-corrected chi connectivity index (χ1v) is 5.82. The molecule has 0 aliphatic rings. The average Bonchev–Trinajstić information content (AvgIpc) is 2.24. The minimum absolute atomic E-state index is 0.0159. The SMILES string of the molecule is CC(C)N(CC(=O)O)C(C)c1ccc(O)cc1O. The highest BCUT2D eigenvalue weighted by Gasteiger charge is 2.23. The van der Waals surface area contributed by atoms with Gasteiger partial charge in [-0.3, -0.25) is 9.69 Å². The van der Waals surface area contributed by atoms with Gasteiger partial charge in [-0.05, 0) is 26.8 Å². The van der Waals surface area contributed by atoms with E-state index in [1.165, 1.54) is 12.1 Å². The molecule has 0 spiro atoms. The van der Waals surface area contributed by atoms with E-state index in [1.54, 1.807) is 11.0 Å². The summed E-state index contributed by atoms with van der Waals surface area (Å²) in [6.07, 6.45) is 0. The number of carboxylic acids is 1. The summed E-state index contributed by atoms with van der Waals surface area (Å²) in [5, 5.41) is 27.9. The number of aliphatic carboxylic acids is 1. The van der Waals surface area contributed by atoms with E-state index in [0.29, 0.717) is 5.56 Å². The van der Waals surface area contributed by atoms with Crippen molar-refractivity contribution >= 4 is 5.97 Å². The first-order valence-electron chi connectivity index (χ1n) is 5.82. The highest BCUT2D eigenvalue weighted by molar-refractivity contribution is 5.69. The molecule has 5 heteroatoms. The van der Waals surface area contributed by atoms with Gasteiger partial charge in [0.25, 0.3) is 0 Å². The predicted molar refractivity (Wildman–Crippen MR) is 67.7 cm³/mol. The maximum Gasteiger partial charge on any atom is 0.317 e. The number of rotatable bonds is 5. The molecule has 1 rings (SSSR count). The molecule has 5 nitrogen and oxygen atoms in total. The number of nitrogens with zero attached hydrogens (tertiary/aromatic N) is 1. The molecule has 0 saturated carbocycles. The van der Waals surface area contributed by atoms with Crippen LogP contribution < -0.4 is 0 Å². The minimum atomic E-state index is -0.909. The van der Waals surface area contributed by atoms with Gasteiger partial charge in [-0.15, -0.1) is 0 Å². The van der Waals surface area contributed by atoms with Gasteiger partial charge in [0.1, 0.15) is 11.5 Å². The van der Waals surface area contributed by atoms with Gasteiger partial charge in [0, 0.05) is 23.7 Å². The third-order valence-corrected chi connectivity index (χ3v) is 2.94. The third kappa shape index (κ3) is 3.37. The number of aromatic hydroxyl groups is 2. The van der Waals surface area contributed by atoms with Crippen molar-refractivity contribution in [2.24, 2.45) is 0 Å². The Balaban J connectivity index is 3.01. The first kappa shape index (κ1) is 14.3. The van der Waals surface area contributed by atoms with Crippen LogP contribution in [0.25, 0.3) is 0 Å². The van der Waals surface area contributed by atoms with E-state index in [2.05, 4.69) is 0 Å². The largest absolute Gasteiger partial charge is 0.508 e. The van der Waals surface area contributed by atoms with Crippen molar-refractivity contribution in [2.75, 3.05) is 6.54 Å². The highest BCUT2D eigenvalue weighted by Crippen LogP contribution is 2.31. The molecule has 0 saturated heterocycles. The van der Waals surface area contributed by atoms with Crippen molar-refractivity contribution < 1.29 is 20.1 Å². The summed E-state index contributed by atoms with van der Waals surface area (Å²) in [4.78, 5) is 12.6. The van der Waals surface area contributed by atoms with Crippen LogP contribution in [-0.4, -0.2) is 38.8 Å². The summed E-state index contributed by atoms with van der Waals surface area (Å²) < 4.78 is 0. The molecule has 0 bridgehead atoms. The Morgan fingerprint density at radius 1 is 1.28 bits per heavy atom. The molecule has 0 aromatic heterocycles. The van der Waals surface area contributed by atoms with E-state index >= 15 is 0 Å². The van der Waals surface area contributed by atoms with Crippen LogP contribution in [0, 0.1) is 0 Å². The lowest BCUT2D eigenvalue weighted by molar-refractivity contribution is -0.139. The first-order chi connectivity index (χ1) is 8.32. The number of hydrogen-bond acceptors (Lipinski definition) is 4. The Morgan fingerprint density at radius 3 is 2.33 bits per heavy atom. The average molecular weight is 253 g/mol. The normalized spacial score (nSPS) is 12.9. The van der Waals surface area contributed by atoms with E-state index in [-0.39, 0.29) is 30.1 Å². The number of carbonyl (C=O) groups is 1. The van der Waals surface area contributed by atoms with Crippen molar-refractivity contribution in [1.82, 2.24) is 4.90 Å². The maximum absolute atomic E-state index is 10.8. The second-order valence-electron chi connectivity index (χ2n) is 4.58. The summed E-state index contributed by atoms with van der Waals surface area (Å²) in [5.74, 6) is -0.954. The monoisotopic (exact) mass is 253 g/mol. The summed E-state index contributed by atoms with van der Waals surface area (Å²) in [5.41, 5.74) is 0.600. The number of phenols is 2. The van der Waals surface area contributed by atoms with Crippen molar-refractivity contribution in [1.29, 1.82) is 0 Å². The molecular weight excluding hydrogens is 234 g/mol. The molecule has 1 aromatic rings. The molecule has 0 fully saturated rings. The van der Waals surface area contributed by atoms with Crippen LogP contribution in [0.3, 0.4) is 0 Å². The third-order valence-electron chi connectivity index (χ3n) is 2.94.